The molecule has 0 bridgehead atoms. The highest BCUT2D eigenvalue weighted by atomic mass is 79.9. The van der Waals surface area contributed by atoms with Crippen LogP contribution >= 0.6 is 15.9 Å². The Balaban J connectivity index is 2.24. The van der Waals surface area contributed by atoms with Crippen LogP contribution in [0.25, 0.3) is 0 Å². The Morgan fingerprint density at radius 3 is 2.71 bits per heavy atom. The van der Waals surface area contributed by atoms with Gasteiger partial charge in [-0.05, 0) is 18.2 Å². The number of ether oxygens (including phenoxy) is 1. The van der Waals surface area contributed by atoms with Gasteiger partial charge in [0.2, 0.25) is 0 Å². The second-order valence-electron chi connectivity index (χ2n) is 3.23. The molecule has 0 radical (unpaired) electrons. The molecule has 4 heteroatoms. The number of morpholine rings is 1. The Labute approximate surface area is 91.4 Å². The molecule has 1 fully saturated rings. The molecule has 1 saturated heterocycles. The third-order valence-electron chi connectivity index (χ3n) is 2.29. The summed E-state index contributed by atoms with van der Waals surface area (Å²) in [7, 11) is 0. The van der Waals surface area contributed by atoms with Crippen LogP contribution < -0.4 is 4.90 Å². The van der Waals surface area contributed by atoms with Crippen LogP contribution in [0.15, 0.2) is 22.7 Å². The number of anilines is 1. The van der Waals surface area contributed by atoms with Crippen molar-refractivity contribution in [2.75, 3.05) is 31.2 Å². The number of halogens is 1. The van der Waals surface area contributed by atoms with Gasteiger partial charge in [-0.25, -0.2) is 0 Å². The molecule has 1 N–H and O–H groups in total. The molecule has 0 amide bonds. The van der Waals surface area contributed by atoms with E-state index in [2.05, 4.69) is 20.8 Å². The van der Waals surface area contributed by atoms with Gasteiger partial charge in [0.25, 0.3) is 0 Å². The maximum atomic E-state index is 9.68. The van der Waals surface area contributed by atoms with Crippen LogP contribution in [0, 0.1) is 0 Å². The first-order valence-electron chi connectivity index (χ1n) is 4.58. The lowest BCUT2D eigenvalue weighted by atomic mass is 10.2. The van der Waals surface area contributed by atoms with E-state index in [1.54, 1.807) is 6.07 Å². The Morgan fingerprint density at radius 2 is 2.00 bits per heavy atom. The van der Waals surface area contributed by atoms with Gasteiger partial charge in [0, 0.05) is 17.6 Å². The van der Waals surface area contributed by atoms with E-state index in [1.807, 2.05) is 12.1 Å². The molecule has 0 aliphatic carbocycles. The molecule has 0 spiro atoms. The molecule has 1 aromatic rings. The summed E-state index contributed by atoms with van der Waals surface area (Å²) in [6.45, 7) is 3.13. The predicted molar refractivity (Wildman–Crippen MR) is 58.8 cm³/mol. The first kappa shape index (κ1) is 9.80. The summed E-state index contributed by atoms with van der Waals surface area (Å²) in [5.41, 5.74) is 0.877. The maximum absolute atomic E-state index is 9.68. The molecule has 2 rings (SSSR count). The third-order valence-corrected chi connectivity index (χ3v) is 2.78. The van der Waals surface area contributed by atoms with E-state index in [9.17, 15) is 5.11 Å². The van der Waals surface area contributed by atoms with E-state index in [0.29, 0.717) is 5.75 Å². The van der Waals surface area contributed by atoms with Crippen molar-refractivity contribution in [1.29, 1.82) is 0 Å². The highest BCUT2D eigenvalue weighted by Crippen LogP contribution is 2.30. The van der Waals surface area contributed by atoms with Crippen LogP contribution in [0.1, 0.15) is 0 Å². The van der Waals surface area contributed by atoms with Gasteiger partial charge in [-0.3, -0.25) is 0 Å². The molecule has 0 aromatic heterocycles. The lowest BCUT2D eigenvalue weighted by Crippen LogP contribution is -2.36. The molecular weight excluding hydrogens is 246 g/mol. The van der Waals surface area contributed by atoms with Gasteiger partial charge >= 0.3 is 0 Å². The number of hydrogen-bond donors (Lipinski definition) is 1. The highest BCUT2D eigenvalue weighted by Gasteiger charge is 2.14. The van der Waals surface area contributed by atoms with Gasteiger partial charge in [-0.15, -0.1) is 0 Å². The Bertz CT molecular complexity index is 324. The minimum absolute atomic E-state index is 0.329. The third kappa shape index (κ3) is 2.01. The molecule has 0 atom stereocenters. The number of nitrogens with zero attached hydrogens (tertiary/aromatic N) is 1. The van der Waals surface area contributed by atoms with Crippen molar-refractivity contribution < 1.29 is 9.84 Å². The predicted octanol–water partition coefficient (Wildman–Crippen LogP) is 1.99. The number of phenolic OH excluding ortho intramolecular Hbond substituents is 1. The van der Waals surface area contributed by atoms with Gasteiger partial charge in [0.15, 0.2) is 0 Å². The molecule has 14 heavy (non-hydrogen) atoms. The average molecular weight is 258 g/mol. The second kappa shape index (κ2) is 4.19. The molecular formula is C10H12BrNO2. The summed E-state index contributed by atoms with van der Waals surface area (Å²) < 4.78 is 6.24. The molecule has 1 heterocycles. The first-order valence-corrected chi connectivity index (χ1v) is 5.38. The quantitative estimate of drug-likeness (QED) is 0.836. The molecule has 0 unspecified atom stereocenters. The van der Waals surface area contributed by atoms with Crippen molar-refractivity contribution in [2.45, 2.75) is 0 Å². The Morgan fingerprint density at radius 1 is 1.29 bits per heavy atom. The van der Waals surface area contributed by atoms with Crippen molar-refractivity contribution in [3.63, 3.8) is 0 Å². The van der Waals surface area contributed by atoms with Crippen LogP contribution in [0.4, 0.5) is 5.69 Å². The van der Waals surface area contributed by atoms with Crippen LogP contribution in [0.2, 0.25) is 0 Å². The van der Waals surface area contributed by atoms with E-state index in [1.165, 1.54) is 0 Å². The summed E-state index contributed by atoms with van der Waals surface area (Å²) in [6.07, 6.45) is 0. The van der Waals surface area contributed by atoms with Crippen LogP contribution in [-0.2, 0) is 4.74 Å². The largest absolute Gasteiger partial charge is 0.506 e. The standard InChI is InChI=1S/C10H12BrNO2/c11-8-1-2-10(13)9(7-8)12-3-5-14-6-4-12/h1-2,7,13H,3-6H2. The zero-order valence-corrected chi connectivity index (χ0v) is 9.33. The molecule has 0 saturated carbocycles. The van der Waals surface area contributed by atoms with E-state index in [0.717, 1.165) is 36.5 Å². The zero-order valence-electron chi connectivity index (χ0n) is 7.74. The SMILES string of the molecule is Oc1ccc(Br)cc1N1CCOCC1. The monoisotopic (exact) mass is 257 g/mol. The molecule has 76 valence electrons. The van der Waals surface area contributed by atoms with Crippen molar-refractivity contribution in [3.05, 3.63) is 22.7 Å². The fraction of sp³-hybridized carbons (Fsp3) is 0.400. The van der Waals surface area contributed by atoms with Gasteiger partial charge in [-0.1, -0.05) is 15.9 Å². The smallest absolute Gasteiger partial charge is 0.138 e. The summed E-state index contributed by atoms with van der Waals surface area (Å²) in [6, 6.07) is 5.47. The van der Waals surface area contributed by atoms with Crippen molar-refractivity contribution >= 4 is 21.6 Å². The average Bonchev–Trinajstić information content (AvgIpc) is 2.23. The van der Waals surface area contributed by atoms with Gasteiger partial charge in [0.1, 0.15) is 5.75 Å². The summed E-state index contributed by atoms with van der Waals surface area (Å²) >= 11 is 3.39. The maximum Gasteiger partial charge on any atom is 0.138 e. The fourth-order valence-corrected chi connectivity index (χ4v) is 1.90. The fourth-order valence-electron chi connectivity index (χ4n) is 1.55. The van der Waals surface area contributed by atoms with Crippen molar-refractivity contribution in [3.8, 4) is 5.75 Å². The topological polar surface area (TPSA) is 32.7 Å². The number of hydrogen-bond acceptors (Lipinski definition) is 3. The molecule has 1 aromatic carbocycles. The summed E-state index contributed by atoms with van der Waals surface area (Å²) in [4.78, 5) is 2.13. The van der Waals surface area contributed by atoms with Crippen LogP contribution in [0.3, 0.4) is 0 Å². The van der Waals surface area contributed by atoms with Crippen molar-refractivity contribution in [2.24, 2.45) is 0 Å². The van der Waals surface area contributed by atoms with Gasteiger partial charge < -0.3 is 14.7 Å². The normalized spacial score (nSPS) is 17.1. The number of aromatic hydroxyl groups is 1. The molecule has 1 aliphatic heterocycles. The van der Waals surface area contributed by atoms with Crippen LogP contribution in [0.5, 0.6) is 5.75 Å². The molecule has 3 nitrogen and oxygen atoms in total. The van der Waals surface area contributed by atoms with E-state index in [4.69, 9.17) is 4.74 Å². The van der Waals surface area contributed by atoms with E-state index in [-0.39, 0.29) is 0 Å². The van der Waals surface area contributed by atoms with Crippen molar-refractivity contribution in [1.82, 2.24) is 0 Å². The highest BCUT2D eigenvalue weighted by molar-refractivity contribution is 9.10. The van der Waals surface area contributed by atoms with Gasteiger partial charge in [-0.2, -0.15) is 0 Å². The number of rotatable bonds is 1. The van der Waals surface area contributed by atoms with Crippen LogP contribution in [-0.4, -0.2) is 31.4 Å². The lowest BCUT2D eigenvalue weighted by molar-refractivity contribution is 0.122. The minimum atomic E-state index is 0.329. The molecule has 1 aliphatic rings. The van der Waals surface area contributed by atoms with Gasteiger partial charge in [0.05, 0.1) is 18.9 Å². The van der Waals surface area contributed by atoms with E-state index >= 15 is 0 Å². The zero-order chi connectivity index (χ0) is 9.97. The summed E-state index contributed by atoms with van der Waals surface area (Å²) in [5.74, 6) is 0.329. The number of phenols is 1. The summed E-state index contributed by atoms with van der Waals surface area (Å²) in [5, 5.41) is 9.68. The minimum Gasteiger partial charge on any atom is -0.506 e. The Hall–Kier alpha value is -0.740. The second-order valence-corrected chi connectivity index (χ2v) is 4.15. The van der Waals surface area contributed by atoms with E-state index < -0.39 is 0 Å². The Kier molecular flexibility index (Phi) is 2.93. The number of benzene rings is 1. The lowest BCUT2D eigenvalue weighted by Gasteiger charge is -2.29. The first-order chi connectivity index (χ1) is 6.77.